The number of alkyl halides is 1. The summed E-state index contributed by atoms with van der Waals surface area (Å²) in [5, 5.41) is 9.59. The maximum atomic E-state index is 9.59. The van der Waals surface area contributed by atoms with Crippen LogP contribution < -0.4 is 0 Å². The van der Waals surface area contributed by atoms with E-state index < -0.39 is 4.87 Å². The zero-order valence-electron chi connectivity index (χ0n) is 11.9. The first-order chi connectivity index (χ1) is 9.26. The molecule has 106 valence electrons. The molecule has 0 heterocycles. The third-order valence-electron chi connectivity index (χ3n) is 4.98. The maximum Gasteiger partial charge on any atom is 0.134 e. The molecule has 2 atom stereocenters. The Morgan fingerprint density at radius 2 is 1.58 bits per heavy atom. The summed E-state index contributed by atoms with van der Waals surface area (Å²) in [5.74, 6) is 1.06. The molecule has 2 unspecified atom stereocenters. The van der Waals surface area contributed by atoms with Gasteiger partial charge in [0.2, 0.25) is 0 Å². The summed E-state index contributed by atoms with van der Waals surface area (Å²) in [6, 6.07) is 2.46. The Morgan fingerprint density at radius 1 is 0.947 bits per heavy atom. The highest BCUT2D eigenvalue weighted by Gasteiger charge is 2.40. The number of allylic oxidation sites excluding steroid dienone is 2. The van der Waals surface area contributed by atoms with Gasteiger partial charge in [-0.3, -0.25) is 0 Å². The van der Waals surface area contributed by atoms with E-state index in [2.05, 4.69) is 18.2 Å². The van der Waals surface area contributed by atoms with Crippen molar-refractivity contribution in [3.05, 3.63) is 12.2 Å². The number of nitrogens with zero attached hydrogens (tertiary/aromatic N) is 1. The summed E-state index contributed by atoms with van der Waals surface area (Å²) in [6.07, 6.45) is 17.8. The topological polar surface area (TPSA) is 23.8 Å². The molecule has 0 radical (unpaired) electrons. The van der Waals surface area contributed by atoms with E-state index in [1.54, 1.807) is 0 Å². The quantitative estimate of drug-likeness (QED) is 0.453. The predicted octanol–water partition coefficient (Wildman–Crippen LogP) is 5.59. The van der Waals surface area contributed by atoms with Crippen LogP contribution in [0.1, 0.15) is 70.6 Å². The fourth-order valence-electron chi connectivity index (χ4n) is 3.86. The largest absolute Gasteiger partial charge is 0.196 e. The van der Waals surface area contributed by atoms with Crippen LogP contribution in [-0.4, -0.2) is 4.87 Å². The minimum Gasteiger partial charge on any atom is -0.196 e. The van der Waals surface area contributed by atoms with Gasteiger partial charge in [-0.25, -0.2) is 0 Å². The Labute approximate surface area is 123 Å². The first-order valence-electron chi connectivity index (χ1n) is 8.01. The van der Waals surface area contributed by atoms with Crippen molar-refractivity contribution in [1.82, 2.24) is 0 Å². The van der Waals surface area contributed by atoms with Crippen LogP contribution in [0.5, 0.6) is 0 Å². The third kappa shape index (κ3) is 3.99. The standard InChI is InChI=1S/C17H26ClN/c18-17(14-19)13-9-5-4-8-12-16(17)15-10-6-2-1-3-7-11-15/h4-5,15-16H,1-3,6-13H2/b5-4-. The van der Waals surface area contributed by atoms with E-state index in [1.165, 1.54) is 44.9 Å². The van der Waals surface area contributed by atoms with E-state index in [4.69, 9.17) is 11.6 Å². The average molecular weight is 280 g/mol. The number of halogens is 1. The Morgan fingerprint density at radius 3 is 2.26 bits per heavy atom. The Hall–Kier alpha value is -0.480. The van der Waals surface area contributed by atoms with E-state index >= 15 is 0 Å². The molecular weight excluding hydrogens is 254 g/mol. The second-order valence-electron chi connectivity index (χ2n) is 6.27. The third-order valence-corrected chi connectivity index (χ3v) is 5.53. The summed E-state index contributed by atoms with van der Waals surface area (Å²) in [4.78, 5) is -0.616. The molecule has 0 spiro atoms. The van der Waals surface area contributed by atoms with Crippen molar-refractivity contribution in [3.8, 4) is 6.07 Å². The lowest BCUT2D eigenvalue weighted by atomic mass is 9.71. The molecule has 19 heavy (non-hydrogen) atoms. The van der Waals surface area contributed by atoms with E-state index in [-0.39, 0.29) is 0 Å². The highest BCUT2D eigenvalue weighted by atomic mass is 35.5. The van der Waals surface area contributed by atoms with Crippen molar-refractivity contribution in [2.45, 2.75) is 75.5 Å². The van der Waals surface area contributed by atoms with Crippen LogP contribution in [0, 0.1) is 23.2 Å². The van der Waals surface area contributed by atoms with Crippen LogP contribution in [-0.2, 0) is 0 Å². The molecule has 0 aromatic rings. The van der Waals surface area contributed by atoms with E-state index in [0.29, 0.717) is 11.8 Å². The lowest BCUT2D eigenvalue weighted by Gasteiger charge is -2.37. The second kappa shape index (κ2) is 7.34. The molecule has 0 bridgehead atoms. The summed E-state index contributed by atoms with van der Waals surface area (Å²) < 4.78 is 0. The van der Waals surface area contributed by atoms with Gasteiger partial charge in [0.15, 0.2) is 0 Å². The summed E-state index contributed by atoms with van der Waals surface area (Å²) in [5.41, 5.74) is 0. The Bertz CT molecular complexity index is 336. The fraction of sp³-hybridized carbons (Fsp3) is 0.824. The van der Waals surface area contributed by atoms with Crippen LogP contribution in [0.25, 0.3) is 0 Å². The molecule has 0 saturated heterocycles. The molecule has 0 aliphatic heterocycles. The average Bonchev–Trinajstić information content (AvgIpc) is 2.36. The molecule has 0 aromatic carbocycles. The molecular formula is C17H26ClN. The molecule has 0 N–H and O–H groups in total. The highest BCUT2D eigenvalue weighted by molar-refractivity contribution is 6.26. The normalized spacial score (nSPS) is 36.3. The Kier molecular flexibility index (Phi) is 5.76. The molecule has 2 rings (SSSR count). The first kappa shape index (κ1) is 14.9. The highest BCUT2D eigenvalue weighted by Crippen LogP contribution is 2.43. The molecule has 1 saturated carbocycles. The predicted molar refractivity (Wildman–Crippen MR) is 81.1 cm³/mol. The second-order valence-corrected chi connectivity index (χ2v) is 6.95. The fourth-order valence-corrected chi connectivity index (χ4v) is 4.25. The molecule has 1 fully saturated rings. The summed E-state index contributed by atoms with van der Waals surface area (Å²) in [7, 11) is 0. The van der Waals surface area contributed by atoms with Gasteiger partial charge in [0, 0.05) is 0 Å². The zero-order chi connectivity index (χ0) is 13.6. The zero-order valence-corrected chi connectivity index (χ0v) is 12.7. The van der Waals surface area contributed by atoms with Crippen LogP contribution in [0.3, 0.4) is 0 Å². The SMILES string of the molecule is N#CC1(Cl)CC/C=C\CCC1C1CCCCCCC1. The van der Waals surface area contributed by atoms with Crippen molar-refractivity contribution in [2.24, 2.45) is 11.8 Å². The summed E-state index contributed by atoms with van der Waals surface area (Å²) >= 11 is 6.73. The van der Waals surface area contributed by atoms with Gasteiger partial charge in [-0.2, -0.15) is 5.26 Å². The van der Waals surface area contributed by atoms with Crippen LogP contribution in [0.2, 0.25) is 0 Å². The number of hydrogen-bond acceptors (Lipinski definition) is 1. The van der Waals surface area contributed by atoms with Gasteiger partial charge in [-0.15, -0.1) is 11.6 Å². The van der Waals surface area contributed by atoms with E-state index in [1.807, 2.05) is 0 Å². The lowest BCUT2D eigenvalue weighted by Crippen LogP contribution is -2.36. The van der Waals surface area contributed by atoms with Crippen molar-refractivity contribution in [3.63, 3.8) is 0 Å². The lowest BCUT2D eigenvalue weighted by molar-refractivity contribution is 0.213. The summed E-state index contributed by atoms with van der Waals surface area (Å²) in [6.45, 7) is 0. The van der Waals surface area contributed by atoms with E-state index in [0.717, 1.165) is 25.7 Å². The van der Waals surface area contributed by atoms with Crippen molar-refractivity contribution in [1.29, 1.82) is 5.26 Å². The van der Waals surface area contributed by atoms with Gasteiger partial charge >= 0.3 is 0 Å². The molecule has 0 aromatic heterocycles. The van der Waals surface area contributed by atoms with Crippen molar-refractivity contribution in [2.75, 3.05) is 0 Å². The molecule has 2 heteroatoms. The maximum absolute atomic E-state index is 9.59. The smallest absolute Gasteiger partial charge is 0.134 e. The first-order valence-corrected chi connectivity index (χ1v) is 8.39. The molecule has 2 aliphatic rings. The van der Waals surface area contributed by atoms with Gasteiger partial charge in [0.25, 0.3) is 0 Å². The van der Waals surface area contributed by atoms with E-state index in [9.17, 15) is 5.26 Å². The minimum absolute atomic E-state index is 0.391. The van der Waals surface area contributed by atoms with Gasteiger partial charge in [0.05, 0.1) is 6.07 Å². The van der Waals surface area contributed by atoms with Gasteiger partial charge in [0.1, 0.15) is 4.87 Å². The number of nitriles is 1. The molecule has 0 amide bonds. The number of rotatable bonds is 1. The van der Waals surface area contributed by atoms with Gasteiger partial charge < -0.3 is 0 Å². The van der Waals surface area contributed by atoms with Crippen LogP contribution in [0.15, 0.2) is 12.2 Å². The van der Waals surface area contributed by atoms with Crippen molar-refractivity contribution < 1.29 is 0 Å². The number of hydrogen-bond donors (Lipinski definition) is 0. The molecule has 1 nitrogen and oxygen atoms in total. The van der Waals surface area contributed by atoms with Gasteiger partial charge in [-0.05, 0) is 37.5 Å². The van der Waals surface area contributed by atoms with Gasteiger partial charge in [-0.1, -0.05) is 57.1 Å². The minimum atomic E-state index is -0.616. The Balaban J connectivity index is 2.11. The van der Waals surface area contributed by atoms with Crippen LogP contribution >= 0.6 is 11.6 Å². The monoisotopic (exact) mass is 279 g/mol. The van der Waals surface area contributed by atoms with Crippen molar-refractivity contribution >= 4 is 11.6 Å². The molecule has 2 aliphatic carbocycles. The van der Waals surface area contributed by atoms with Crippen LogP contribution in [0.4, 0.5) is 0 Å².